The van der Waals surface area contributed by atoms with Gasteiger partial charge in [-0.3, -0.25) is 4.79 Å². The fraction of sp³-hybridized carbons (Fsp3) is 0.400. The van der Waals surface area contributed by atoms with Gasteiger partial charge in [-0.1, -0.05) is 0 Å². The van der Waals surface area contributed by atoms with Crippen molar-refractivity contribution in [2.45, 2.75) is 13.5 Å². The molecule has 23 heavy (non-hydrogen) atoms. The second-order valence-electron chi connectivity index (χ2n) is 5.21. The molecule has 0 radical (unpaired) electrons. The van der Waals surface area contributed by atoms with Gasteiger partial charge in [0.2, 0.25) is 5.95 Å². The van der Waals surface area contributed by atoms with Crippen LogP contribution in [0.2, 0.25) is 0 Å². The summed E-state index contributed by atoms with van der Waals surface area (Å²) in [6, 6.07) is 3.71. The number of hydrogen-bond acceptors (Lipinski definition) is 6. The number of aryl methyl sites for hydroxylation is 1. The third kappa shape index (κ3) is 4.27. The zero-order valence-electron chi connectivity index (χ0n) is 12.7. The van der Waals surface area contributed by atoms with Crippen LogP contribution in [0.5, 0.6) is 0 Å². The first-order valence-corrected chi connectivity index (χ1v) is 8.98. The summed E-state index contributed by atoms with van der Waals surface area (Å²) in [7, 11) is 0. The molecule has 2 aromatic heterocycles. The maximum Gasteiger partial charge on any atom is 0.261 e. The van der Waals surface area contributed by atoms with Gasteiger partial charge in [-0.25, -0.2) is 9.97 Å². The van der Waals surface area contributed by atoms with E-state index in [0.29, 0.717) is 30.6 Å². The number of aromatic nitrogens is 2. The summed E-state index contributed by atoms with van der Waals surface area (Å²) >= 11 is 4.76. The fourth-order valence-corrected chi connectivity index (χ4v) is 3.64. The van der Waals surface area contributed by atoms with Crippen LogP contribution in [0.3, 0.4) is 0 Å². The number of hydrogen-bond donors (Lipinski definition) is 1. The molecule has 1 aliphatic heterocycles. The van der Waals surface area contributed by atoms with Crippen molar-refractivity contribution in [1.29, 1.82) is 0 Å². The number of ether oxygens (including phenoxy) is 1. The Balaban J connectivity index is 1.67. The monoisotopic (exact) mass is 396 g/mol. The van der Waals surface area contributed by atoms with Crippen LogP contribution in [0.1, 0.15) is 21.1 Å². The Bertz CT molecular complexity index is 701. The summed E-state index contributed by atoms with van der Waals surface area (Å²) < 4.78 is 6.27. The maximum atomic E-state index is 12.1. The van der Waals surface area contributed by atoms with Crippen molar-refractivity contribution in [3.63, 3.8) is 0 Å². The van der Waals surface area contributed by atoms with Crippen LogP contribution < -0.4 is 10.2 Å². The van der Waals surface area contributed by atoms with Crippen molar-refractivity contribution in [3.05, 3.63) is 38.3 Å². The minimum atomic E-state index is -0.0927. The number of morpholine rings is 1. The Labute approximate surface area is 147 Å². The van der Waals surface area contributed by atoms with Crippen LogP contribution in [0.15, 0.2) is 22.0 Å². The van der Waals surface area contributed by atoms with Gasteiger partial charge in [0.1, 0.15) is 0 Å². The number of carbonyl (C=O) groups excluding carboxylic acids is 1. The minimum Gasteiger partial charge on any atom is -0.378 e. The third-order valence-corrected chi connectivity index (χ3v) is 5.10. The summed E-state index contributed by atoms with van der Waals surface area (Å²) in [6.07, 6.45) is 0. The van der Waals surface area contributed by atoms with Gasteiger partial charge >= 0.3 is 0 Å². The molecule has 0 aromatic carbocycles. The van der Waals surface area contributed by atoms with E-state index in [1.165, 1.54) is 11.3 Å². The lowest BCUT2D eigenvalue weighted by Gasteiger charge is -2.27. The first kappa shape index (κ1) is 16.4. The van der Waals surface area contributed by atoms with E-state index in [0.717, 1.165) is 29.0 Å². The minimum absolute atomic E-state index is 0.0927. The lowest BCUT2D eigenvalue weighted by Crippen LogP contribution is -2.37. The molecular formula is C15H17BrN4O2S. The summed E-state index contributed by atoms with van der Waals surface area (Å²) in [5, 5.41) is 4.79. The number of anilines is 1. The molecule has 0 spiro atoms. The van der Waals surface area contributed by atoms with E-state index in [9.17, 15) is 4.79 Å². The molecular weight excluding hydrogens is 380 g/mol. The molecule has 0 bridgehead atoms. The number of amides is 1. The summed E-state index contributed by atoms with van der Waals surface area (Å²) in [5.41, 5.74) is 1.70. The average Bonchev–Trinajstić information content (AvgIpc) is 2.99. The molecule has 8 heteroatoms. The average molecular weight is 397 g/mol. The largest absolute Gasteiger partial charge is 0.378 e. The topological polar surface area (TPSA) is 67.4 Å². The van der Waals surface area contributed by atoms with Gasteiger partial charge in [0, 0.05) is 28.6 Å². The molecule has 0 atom stereocenters. The van der Waals surface area contributed by atoms with Gasteiger partial charge in [0.05, 0.1) is 30.3 Å². The van der Waals surface area contributed by atoms with E-state index >= 15 is 0 Å². The lowest BCUT2D eigenvalue weighted by molar-refractivity contribution is 0.0954. The van der Waals surface area contributed by atoms with Crippen molar-refractivity contribution < 1.29 is 9.53 Å². The number of halogens is 1. The Hall–Kier alpha value is -1.51. The number of nitrogens with one attached hydrogen (secondary N) is 1. The Morgan fingerprint density at radius 1 is 1.39 bits per heavy atom. The van der Waals surface area contributed by atoms with Crippen molar-refractivity contribution in [2.24, 2.45) is 0 Å². The Kier molecular flexibility index (Phi) is 5.24. The fourth-order valence-electron chi connectivity index (χ4n) is 2.30. The molecule has 2 aromatic rings. The first-order valence-electron chi connectivity index (χ1n) is 7.31. The van der Waals surface area contributed by atoms with Gasteiger partial charge < -0.3 is 15.0 Å². The van der Waals surface area contributed by atoms with Crippen LogP contribution in [-0.4, -0.2) is 42.2 Å². The van der Waals surface area contributed by atoms with Crippen LogP contribution in [-0.2, 0) is 11.3 Å². The molecule has 1 fully saturated rings. The molecule has 6 nitrogen and oxygen atoms in total. The quantitative estimate of drug-likeness (QED) is 0.858. The molecule has 0 saturated carbocycles. The van der Waals surface area contributed by atoms with Crippen molar-refractivity contribution >= 4 is 39.1 Å². The normalized spacial score (nSPS) is 14.8. The van der Waals surface area contributed by atoms with Crippen molar-refractivity contribution in [2.75, 3.05) is 31.2 Å². The van der Waals surface area contributed by atoms with E-state index in [2.05, 4.69) is 36.1 Å². The summed E-state index contributed by atoms with van der Waals surface area (Å²) in [6.45, 7) is 5.28. The van der Waals surface area contributed by atoms with E-state index in [4.69, 9.17) is 4.74 Å². The zero-order valence-corrected chi connectivity index (χ0v) is 15.1. The molecule has 0 aliphatic carbocycles. The number of rotatable bonds is 4. The highest BCUT2D eigenvalue weighted by Crippen LogP contribution is 2.19. The molecule has 1 aliphatic rings. The van der Waals surface area contributed by atoms with E-state index in [-0.39, 0.29) is 5.91 Å². The molecule has 1 saturated heterocycles. The first-order chi connectivity index (χ1) is 11.1. The lowest BCUT2D eigenvalue weighted by atomic mass is 10.3. The van der Waals surface area contributed by atoms with Crippen LogP contribution >= 0.6 is 27.3 Å². The maximum absolute atomic E-state index is 12.1. The highest BCUT2D eigenvalue weighted by molar-refractivity contribution is 9.10. The summed E-state index contributed by atoms with van der Waals surface area (Å²) in [4.78, 5) is 24.0. The molecule has 1 amide bonds. The molecule has 1 N–H and O–H groups in total. The molecule has 3 heterocycles. The number of carbonyl (C=O) groups is 1. The number of thiophene rings is 1. The predicted molar refractivity (Wildman–Crippen MR) is 93.0 cm³/mol. The van der Waals surface area contributed by atoms with Gasteiger partial charge in [0.15, 0.2) is 0 Å². The SMILES string of the molecule is Cc1cc(CNC(=O)c2cc(Br)cs2)nc(N2CCOCC2)n1. The Morgan fingerprint density at radius 2 is 2.17 bits per heavy atom. The third-order valence-electron chi connectivity index (χ3n) is 3.41. The van der Waals surface area contributed by atoms with Crippen LogP contribution in [0.4, 0.5) is 5.95 Å². The predicted octanol–water partition coefficient (Wildman–Crippen LogP) is 2.38. The van der Waals surface area contributed by atoms with Gasteiger partial charge in [-0.15, -0.1) is 11.3 Å². The Morgan fingerprint density at radius 3 is 2.87 bits per heavy atom. The van der Waals surface area contributed by atoms with Crippen LogP contribution in [0.25, 0.3) is 0 Å². The smallest absolute Gasteiger partial charge is 0.261 e. The van der Waals surface area contributed by atoms with Crippen molar-refractivity contribution in [3.8, 4) is 0 Å². The molecule has 122 valence electrons. The summed E-state index contributed by atoms with van der Waals surface area (Å²) in [5.74, 6) is 0.612. The van der Waals surface area contributed by atoms with E-state index < -0.39 is 0 Å². The van der Waals surface area contributed by atoms with E-state index in [1.807, 2.05) is 24.4 Å². The number of nitrogens with zero attached hydrogens (tertiary/aromatic N) is 3. The second kappa shape index (κ2) is 7.37. The second-order valence-corrected chi connectivity index (χ2v) is 7.04. The molecule has 3 rings (SSSR count). The van der Waals surface area contributed by atoms with Gasteiger partial charge in [-0.2, -0.15) is 0 Å². The van der Waals surface area contributed by atoms with Crippen LogP contribution in [0, 0.1) is 6.92 Å². The van der Waals surface area contributed by atoms with Gasteiger partial charge in [-0.05, 0) is 35.0 Å². The zero-order chi connectivity index (χ0) is 16.2. The van der Waals surface area contributed by atoms with Gasteiger partial charge in [0.25, 0.3) is 5.91 Å². The highest BCUT2D eigenvalue weighted by Gasteiger charge is 2.15. The standard InChI is InChI=1S/C15H17BrN4O2S/c1-10-6-12(8-17-14(21)13-7-11(16)9-23-13)19-15(18-10)20-2-4-22-5-3-20/h6-7,9H,2-5,8H2,1H3,(H,17,21). The van der Waals surface area contributed by atoms with E-state index in [1.54, 1.807) is 0 Å². The van der Waals surface area contributed by atoms with Crippen molar-refractivity contribution in [1.82, 2.24) is 15.3 Å². The molecule has 0 unspecified atom stereocenters. The highest BCUT2D eigenvalue weighted by atomic mass is 79.9.